The summed E-state index contributed by atoms with van der Waals surface area (Å²) in [6.45, 7) is 1.96. The summed E-state index contributed by atoms with van der Waals surface area (Å²) in [6, 6.07) is 10.4. The number of furan rings is 1. The lowest BCUT2D eigenvalue weighted by molar-refractivity contribution is -0.121. The fourth-order valence-electron chi connectivity index (χ4n) is 1.78. The van der Waals surface area contributed by atoms with Crippen molar-refractivity contribution in [2.45, 2.75) is 13.0 Å². The summed E-state index contributed by atoms with van der Waals surface area (Å²) in [4.78, 5) is 23.2. The number of hydrogen-bond acceptors (Lipinski definition) is 4. The van der Waals surface area contributed by atoms with Gasteiger partial charge in [0.05, 0.1) is 12.8 Å². The molecule has 0 aliphatic carbocycles. The number of carbonyl (C=O) groups excluding carboxylic acids is 2. The van der Waals surface area contributed by atoms with E-state index < -0.39 is 5.91 Å². The number of halogens is 1. The van der Waals surface area contributed by atoms with Crippen molar-refractivity contribution in [1.82, 2.24) is 16.2 Å². The molecule has 1 aromatic heterocycles. The van der Waals surface area contributed by atoms with Gasteiger partial charge in [-0.3, -0.25) is 20.4 Å². The molecule has 0 fully saturated rings. The van der Waals surface area contributed by atoms with Crippen molar-refractivity contribution in [3.63, 3.8) is 0 Å². The molecular weight excluding hydrogens is 306 g/mol. The van der Waals surface area contributed by atoms with Gasteiger partial charge in [0.25, 0.3) is 5.91 Å². The molecule has 0 bridgehead atoms. The van der Waals surface area contributed by atoms with E-state index in [-0.39, 0.29) is 24.3 Å². The van der Waals surface area contributed by atoms with Crippen LogP contribution in [0, 0.1) is 0 Å². The lowest BCUT2D eigenvalue weighted by atomic mass is 10.1. The smallest absolute Gasteiger partial charge is 0.305 e. The lowest BCUT2D eigenvalue weighted by Gasteiger charge is -2.14. The highest BCUT2D eigenvalue weighted by Crippen LogP contribution is 2.16. The number of amides is 2. The molecule has 0 aliphatic rings. The predicted molar refractivity (Wildman–Crippen MR) is 82.2 cm³/mol. The Balaban J connectivity index is 1.74. The molecule has 116 valence electrons. The minimum atomic E-state index is -0.513. The van der Waals surface area contributed by atoms with Gasteiger partial charge in [-0.05, 0) is 36.8 Å². The number of rotatable bonds is 5. The van der Waals surface area contributed by atoms with E-state index in [0.717, 1.165) is 5.56 Å². The Kier molecular flexibility index (Phi) is 5.57. The fourth-order valence-corrected chi connectivity index (χ4v) is 1.98. The first-order chi connectivity index (χ1) is 10.6. The highest BCUT2D eigenvalue weighted by molar-refractivity contribution is 6.30. The first-order valence-electron chi connectivity index (χ1n) is 6.68. The van der Waals surface area contributed by atoms with Crippen LogP contribution in [0.5, 0.6) is 0 Å². The lowest BCUT2D eigenvalue weighted by Crippen LogP contribution is -2.45. The third-order valence-electron chi connectivity index (χ3n) is 2.98. The van der Waals surface area contributed by atoms with Crippen LogP contribution >= 0.6 is 11.6 Å². The SMILES string of the molecule is C[C@@H](NCC(=O)NNC(=O)c1ccco1)c1cccc(Cl)c1. The second kappa shape index (κ2) is 7.63. The molecule has 0 radical (unpaired) electrons. The molecule has 1 heterocycles. The molecule has 0 aliphatic heterocycles. The molecule has 0 unspecified atom stereocenters. The van der Waals surface area contributed by atoms with E-state index in [9.17, 15) is 9.59 Å². The van der Waals surface area contributed by atoms with Gasteiger partial charge >= 0.3 is 5.91 Å². The van der Waals surface area contributed by atoms with Crippen LogP contribution in [0.4, 0.5) is 0 Å². The zero-order valence-corrected chi connectivity index (χ0v) is 12.7. The second-order valence-corrected chi connectivity index (χ2v) is 5.07. The first kappa shape index (κ1) is 16.1. The first-order valence-corrected chi connectivity index (χ1v) is 7.05. The minimum absolute atomic E-state index is 0.0477. The zero-order valence-electron chi connectivity index (χ0n) is 11.9. The summed E-state index contributed by atoms with van der Waals surface area (Å²) in [5.74, 6) is -0.754. The van der Waals surface area contributed by atoms with Crippen molar-refractivity contribution in [1.29, 1.82) is 0 Å². The van der Waals surface area contributed by atoms with E-state index in [1.807, 2.05) is 25.1 Å². The maximum absolute atomic E-state index is 11.7. The molecule has 3 N–H and O–H groups in total. The summed E-state index contributed by atoms with van der Waals surface area (Å²) >= 11 is 5.92. The highest BCUT2D eigenvalue weighted by atomic mass is 35.5. The maximum atomic E-state index is 11.7. The number of carbonyl (C=O) groups is 2. The Morgan fingerprint density at radius 3 is 2.73 bits per heavy atom. The largest absolute Gasteiger partial charge is 0.459 e. The van der Waals surface area contributed by atoms with Gasteiger partial charge in [0.15, 0.2) is 5.76 Å². The average Bonchev–Trinajstić information content (AvgIpc) is 3.04. The molecule has 2 rings (SSSR count). The van der Waals surface area contributed by atoms with E-state index in [1.54, 1.807) is 12.1 Å². The van der Waals surface area contributed by atoms with Crippen LogP contribution in [-0.2, 0) is 4.79 Å². The van der Waals surface area contributed by atoms with Crippen LogP contribution in [0.15, 0.2) is 47.1 Å². The fraction of sp³-hybridized carbons (Fsp3) is 0.200. The zero-order chi connectivity index (χ0) is 15.9. The molecular formula is C15H16ClN3O3. The quantitative estimate of drug-likeness (QED) is 0.736. The van der Waals surface area contributed by atoms with E-state index in [1.165, 1.54) is 12.3 Å². The monoisotopic (exact) mass is 321 g/mol. The molecule has 2 aromatic rings. The Morgan fingerprint density at radius 1 is 1.23 bits per heavy atom. The maximum Gasteiger partial charge on any atom is 0.305 e. The van der Waals surface area contributed by atoms with Crippen molar-refractivity contribution in [3.05, 3.63) is 59.0 Å². The highest BCUT2D eigenvalue weighted by Gasteiger charge is 2.11. The normalized spacial score (nSPS) is 11.7. The topological polar surface area (TPSA) is 83.4 Å². The molecule has 2 amide bonds. The molecule has 7 heteroatoms. The van der Waals surface area contributed by atoms with Crippen LogP contribution in [-0.4, -0.2) is 18.4 Å². The number of hydrogen-bond donors (Lipinski definition) is 3. The van der Waals surface area contributed by atoms with Crippen LogP contribution in [0.1, 0.15) is 29.1 Å². The van der Waals surface area contributed by atoms with Crippen LogP contribution in [0.2, 0.25) is 5.02 Å². The molecule has 0 saturated carbocycles. The molecule has 6 nitrogen and oxygen atoms in total. The van der Waals surface area contributed by atoms with E-state index >= 15 is 0 Å². The Hall–Kier alpha value is -2.31. The van der Waals surface area contributed by atoms with Crippen LogP contribution in [0.25, 0.3) is 0 Å². The second-order valence-electron chi connectivity index (χ2n) is 4.64. The van der Waals surface area contributed by atoms with Crippen LogP contribution < -0.4 is 16.2 Å². The van der Waals surface area contributed by atoms with Gasteiger partial charge in [-0.15, -0.1) is 0 Å². The molecule has 0 saturated heterocycles. The summed E-state index contributed by atoms with van der Waals surface area (Å²) < 4.78 is 4.90. The van der Waals surface area contributed by atoms with Crippen molar-refractivity contribution in [2.24, 2.45) is 0 Å². The molecule has 22 heavy (non-hydrogen) atoms. The predicted octanol–water partition coefficient (Wildman–Crippen LogP) is 2.04. The summed E-state index contributed by atoms with van der Waals surface area (Å²) in [7, 11) is 0. The molecule has 0 spiro atoms. The van der Waals surface area contributed by atoms with E-state index in [4.69, 9.17) is 16.0 Å². The van der Waals surface area contributed by atoms with Gasteiger partial charge in [0, 0.05) is 11.1 Å². The number of benzene rings is 1. The van der Waals surface area contributed by atoms with Crippen molar-refractivity contribution in [3.8, 4) is 0 Å². The Morgan fingerprint density at radius 2 is 2.05 bits per heavy atom. The Bertz CT molecular complexity index is 643. The van der Waals surface area contributed by atoms with Crippen molar-refractivity contribution < 1.29 is 14.0 Å². The van der Waals surface area contributed by atoms with Gasteiger partial charge in [-0.2, -0.15) is 0 Å². The standard InChI is InChI=1S/C15H16ClN3O3/c1-10(11-4-2-5-12(16)8-11)17-9-14(20)18-19-15(21)13-6-3-7-22-13/h2-8,10,17H,9H2,1H3,(H,18,20)(H,19,21)/t10-/m1/s1. The summed E-state index contributed by atoms with van der Waals surface area (Å²) in [5, 5.41) is 3.68. The third kappa shape index (κ3) is 4.61. The van der Waals surface area contributed by atoms with Crippen molar-refractivity contribution >= 4 is 23.4 Å². The van der Waals surface area contributed by atoms with Gasteiger partial charge in [-0.25, -0.2) is 0 Å². The minimum Gasteiger partial charge on any atom is -0.459 e. The number of hydrazine groups is 1. The summed E-state index contributed by atoms with van der Waals surface area (Å²) in [6.07, 6.45) is 1.38. The third-order valence-corrected chi connectivity index (χ3v) is 3.21. The number of nitrogens with one attached hydrogen (secondary N) is 3. The molecule has 1 atom stereocenters. The Labute approximate surface area is 132 Å². The van der Waals surface area contributed by atoms with Crippen LogP contribution in [0.3, 0.4) is 0 Å². The van der Waals surface area contributed by atoms with E-state index in [2.05, 4.69) is 16.2 Å². The molecule has 1 aromatic carbocycles. The summed E-state index contributed by atoms with van der Waals surface area (Å²) in [5.41, 5.74) is 5.54. The average molecular weight is 322 g/mol. The van der Waals surface area contributed by atoms with Gasteiger partial charge in [0.2, 0.25) is 0 Å². The van der Waals surface area contributed by atoms with Crippen molar-refractivity contribution in [2.75, 3.05) is 6.54 Å². The van der Waals surface area contributed by atoms with Gasteiger partial charge < -0.3 is 9.73 Å². The van der Waals surface area contributed by atoms with E-state index in [0.29, 0.717) is 5.02 Å². The van der Waals surface area contributed by atoms with Gasteiger partial charge in [-0.1, -0.05) is 23.7 Å². The van der Waals surface area contributed by atoms with Gasteiger partial charge in [0.1, 0.15) is 0 Å².